The summed E-state index contributed by atoms with van der Waals surface area (Å²) in [5, 5.41) is 6.27. The van der Waals surface area contributed by atoms with Crippen molar-refractivity contribution in [3.63, 3.8) is 0 Å². The molecule has 1 unspecified atom stereocenters. The van der Waals surface area contributed by atoms with Gasteiger partial charge in [0.1, 0.15) is 6.26 Å². The first-order valence-electron chi connectivity index (χ1n) is 7.33. The molecule has 110 valence electrons. The van der Waals surface area contributed by atoms with Crippen molar-refractivity contribution in [3.8, 4) is 11.5 Å². The number of piperidine rings is 1. The van der Waals surface area contributed by atoms with E-state index in [2.05, 4.69) is 15.6 Å². The Labute approximate surface area is 123 Å². The fourth-order valence-electron chi connectivity index (χ4n) is 2.52. The number of benzene rings is 1. The Balaban J connectivity index is 1.59. The molecule has 0 spiro atoms. The molecule has 1 saturated heterocycles. The molecular weight excluding hydrogens is 266 g/mol. The molecule has 3 rings (SSSR count). The number of hydrogen-bond donors (Lipinski definition) is 2. The lowest BCUT2D eigenvalue weighted by atomic mass is 10.00. The maximum atomic E-state index is 12.1. The lowest BCUT2D eigenvalue weighted by Gasteiger charge is -2.22. The summed E-state index contributed by atoms with van der Waals surface area (Å²) in [6, 6.07) is 9.56. The van der Waals surface area contributed by atoms with E-state index in [1.54, 1.807) is 0 Å². The molecule has 5 heteroatoms. The predicted molar refractivity (Wildman–Crippen MR) is 79.9 cm³/mol. The van der Waals surface area contributed by atoms with E-state index >= 15 is 0 Å². The molecule has 1 aromatic carbocycles. The van der Waals surface area contributed by atoms with Crippen molar-refractivity contribution >= 4 is 5.91 Å². The first-order chi connectivity index (χ1) is 10.3. The highest BCUT2D eigenvalue weighted by molar-refractivity contribution is 5.92. The Morgan fingerprint density at radius 3 is 3.00 bits per heavy atom. The molecular formula is C16H19N3O2. The van der Waals surface area contributed by atoms with Crippen LogP contribution in [0.3, 0.4) is 0 Å². The molecule has 2 heterocycles. The van der Waals surface area contributed by atoms with Crippen LogP contribution in [-0.4, -0.2) is 30.5 Å². The summed E-state index contributed by atoms with van der Waals surface area (Å²) in [6.45, 7) is 2.72. The second kappa shape index (κ2) is 6.54. The van der Waals surface area contributed by atoms with Gasteiger partial charge in [0.05, 0.1) is 0 Å². The number of amides is 1. The lowest BCUT2D eigenvalue weighted by Crippen LogP contribution is -2.38. The topological polar surface area (TPSA) is 67.2 Å². The van der Waals surface area contributed by atoms with Gasteiger partial charge in [0, 0.05) is 12.1 Å². The molecule has 0 radical (unpaired) electrons. The zero-order valence-corrected chi connectivity index (χ0v) is 11.8. The van der Waals surface area contributed by atoms with Crippen LogP contribution in [-0.2, 0) is 0 Å². The fourth-order valence-corrected chi connectivity index (χ4v) is 2.52. The lowest BCUT2D eigenvalue weighted by molar-refractivity contribution is 0.0940. The van der Waals surface area contributed by atoms with Crippen LogP contribution >= 0.6 is 0 Å². The Kier molecular flexibility index (Phi) is 4.31. The van der Waals surface area contributed by atoms with Crippen LogP contribution in [0.4, 0.5) is 0 Å². The smallest absolute Gasteiger partial charge is 0.273 e. The van der Waals surface area contributed by atoms with Crippen molar-refractivity contribution in [1.82, 2.24) is 15.6 Å². The quantitative estimate of drug-likeness (QED) is 0.902. The van der Waals surface area contributed by atoms with Crippen LogP contribution in [0.2, 0.25) is 0 Å². The minimum absolute atomic E-state index is 0.175. The second-order valence-electron chi connectivity index (χ2n) is 5.33. The SMILES string of the molecule is O=C(NCC1CCCNC1)c1coc(-c2ccccc2)n1. The first kappa shape index (κ1) is 13.8. The van der Waals surface area contributed by atoms with Gasteiger partial charge < -0.3 is 15.1 Å². The van der Waals surface area contributed by atoms with Gasteiger partial charge in [-0.2, -0.15) is 0 Å². The van der Waals surface area contributed by atoms with E-state index in [0.717, 1.165) is 25.1 Å². The van der Waals surface area contributed by atoms with E-state index < -0.39 is 0 Å². The minimum Gasteiger partial charge on any atom is -0.444 e. The first-order valence-corrected chi connectivity index (χ1v) is 7.33. The summed E-state index contributed by atoms with van der Waals surface area (Å²) in [7, 11) is 0. The molecule has 0 saturated carbocycles. The number of aromatic nitrogens is 1. The molecule has 1 aromatic heterocycles. The molecule has 1 atom stereocenters. The number of nitrogens with zero attached hydrogens (tertiary/aromatic N) is 1. The molecule has 1 aliphatic heterocycles. The second-order valence-corrected chi connectivity index (χ2v) is 5.33. The fraction of sp³-hybridized carbons (Fsp3) is 0.375. The van der Waals surface area contributed by atoms with Crippen molar-refractivity contribution in [3.05, 3.63) is 42.3 Å². The molecule has 21 heavy (non-hydrogen) atoms. The average Bonchev–Trinajstić information content (AvgIpc) is 3.04. The van der Waals surface area contributed by atoms with Crippen LogP contribution in [0.15, 0.2) is 41.0 Å². The van der Waals surface area contributed by atoms with Gasteiger partial charge in [0.15, 0.2) is 5.69 Å². The number of carbonyl (C=O) groups excluding carboxylic acids is 1. The van der Waals surface area contributed by atoms with Crippen LogP contribution < -0.4 is 10.6 Å². The third kappa shape index (κ3) is 3.49. The van der Waals surface area contributed by atoms with Gasteiger partial charge in [0.2, 0.25) is 5.89 Å². The van der Waals surface area contributed by atoms with Crippen molar-refractivity contribution in [2.45, 2.75) is 12.8 Å². The van der Waals surface area contributed by atoms with Crippen LogP contribution in [0.1, 0.15) is 23.3 Å². The highest BCUT2D eigenvalue weighted by Crippen LogP contribution is 2.18. The highest BCUT2D eigenvalue weighted by atomic mass is 16.3. The van der Waals surface area contributed by atoms with E-state index in [1.807, 2.05) is 30.3 Å². The van der Waals surface area contributed by atoms with Gasteiger partial charge in [0.25, 0.3) is 5.91 Å². The van der Waals surface area contributed by atoms with E-state index in [-0.39, 0.29) is 5.91 Å². The predicted octanol–water partition coefficient (Wildman–Crippen LogP) is 2.07. The molecule has 2 N–H and O–H groups in total. The summed E-state index contributed by atoms with van der Waals surface area (Å²) in [4.78, 5) is 16.3. The summed E-state index contributed by atoms with van der Waals surface area (Å²) in [5.74, 6) is 0.801. The summed E-state index contributed by atoms with van der Waals surface area (Å²) in [5.41, 5.74) is 1.20. The van der Waals surface area contributed by atoms with Gasteiger partial charge >= 0.3 is 0 Å². The molecule has 2 aromatic rings. The van der Waals surface area contributed by atoms with E-state index in [9.17, 15) is 4.79 Å². The van der Waals surface area contributed by atoms with Gasteiger partial charge in [-0.15, -0.1) is 0 Å². The Hall–Kier alpha value is -2.14. The summed E-state index contributed by atoms with van der Waals surface area (Å²) < 4.78 is 5.38. The zero-order chi connectivity index (χ0) is 14.5. The standard InChI is InChI=1S/C16H19N3O2/c20-15(18-10-12-5-4-8-17-9-12)14-11-21-16(19-14)13-6-2-1-3-7-13/h1-3,6-7,11-12,17H,4-5,8-10H2,(H,18,20). The molecule has 1 aliphatic rings. The van der Waals surface area contributed by atoms with Crippen LogP contribution in [0.5, 0.6) is 0 Å². The molecule has 5 nitrogen and oxygen atoms in total. The van der Waals surface area contributed by atoms with Crippen molar-refractivity contribution in [1.29, 1.82) is 0 Å². The Morgan fingerprint density at radius 2 is 2.24 bits per heavy atom. The maximum absolute atomic E-state index is 12.1. The zero-order valence-electron chi connectivity index (χ0n) is 11.8. The Morgan fingerprint density at radius 1 is 1.38 bits per heavy atom. The number of rotatable bonds is 4. The van der Waals surface area contributed by atoms with Crippen molar-refractivity contribution in [2.75, 3.05) is 19.6 Å². The molecule has 0 aliphatic carbocycles. The number of carbonyl (C=O) groups is 1. The van der Waals surface area contributed by atoms with Crippen LogP contribution in [0, 0.1) is 5.92 Å². The van der Waals surface area contributed by atoms with Gasteiger partial charge in [-0.05, 0) is 44.0 Å². The van der Waals surface area contributed by atoms with E-state index in [0.29, 0.717) is 24.0 Å². The summed E-state index contributed by atoms with van der Waals surface area (Å²) >= 11 is 0. The van der Waals surface area contributed by atoms with Gasteiger partial charge in [-0.25, -0.2) is 4.98 Å². The average molecular weight is 285 g/mol. The monoisotopic (exact) mass is 285 g/mol. The highest BCUT2D eigenvalue weighted by Gasteiger charge is 2.17. The van der Waals surface area contributed by atoms with E-state index in [1.165, 1.54) is 12.7 Å². The third-order valence-corrected chi connectivity index (χ3v) is 3.71. The minimum atomic E-state index is -0.175. The normalized spacial score (nSPS) is 18.4. The maximum Gasteiger partial charge on any atom is 0.273 e. The third-order valence-electron chi connectivity index (χ3n) is 3.71. The number of nitrogens with one attached hydrogen (secondary N) is 2. The van der Waals surface area contributed by atoms with Gasteiger partial charge in [-0.1, -0.05) is 18.2 Å². The Bertz CT molecular complexity index is 589. The largest absolute Gasteiger partial charge is 0.444 e. The van der Waals surface area contributed by atoms with Crippen molar-refractivity contribution < 1.29 is 9.21 Å². The van der Waals surface area contributed by atoms with Crippen molar-refractivity contribution in [2.24, 2.45) is 5.92 Å². The molecule has 0 bridgehead atoms. The number of oxazole rings is 1. The van der Waals surface area contributed by atoms with Crippen LogP contribution in [0.25, 0.3) is 11.5 Å². The van der Waals surface area contributed by atoms with Gasteiger partial charge in [-0.3, -0.25) is 4.79 Å². The molecule has 1 amide bonds. The van der Waals surface area contributed by atoms with E-state index in [4.69, 9.17) is 4.42 Å². The number of hydrogen-bond acceptors (Lipinski definition) is 4. The molecule has 1 fully saturated rings. The summed E-state index contributed by atoms with van der Waals surface area (Å²) in [6.07, 6.45) is 3.74.